The van der Waals surface area contributed by atoms with Gasteiger partial charge in [0.05, 0.1) is 0 Å². The smallest absolute Gasteiger partial charge is 0.311 e. The highest BCUT2D eigenvalue weighted by Crippen LogP contribution is 2.32. The summed E-state index contributed by atoms with van der Waals surface area (Å²) in [4.78, 5) is 12.0. The zero-order valence-electron chi connectivity index (χ0n) is 16.1. The fourth-order valence-electron chi connectivity index (χ4n) is 3.59. The van der Waals surface area contributed by atoms with Gasteiger partial charge in [-0.2, -0.15) is 0 Å². The molecule has 0 N–H and O–H groups in total. The Morgan fingerprint density at radius 3 is 2.65 bits per heavy atom. The molecule has 2 aromatic rings. The number of unbranched alkanes of at least 4 members (excludes halogenated alkanes) is 3. The zero-order valence-corrected chi connectivity index (χ0v) is 16.1. The van der Waals surface area contributed by atoms with E-state index in [2.05, 4.69) is 44.2 Å². The van der Waals surface area contributed by atoms with Crippen LogP contribution in [0.15, 0.2) is 42.5 Å². The van der Waals surface area contributed by atoms with Gasteiger partial charge < -0.3 is 4.74 Å². The molecule has 0 amide bonds. The Bertz CT molecular complexity index is 788. The van der Waals surface area contributed by atoms with Crippen LogP contribution in [-0.2, 0) is 4.79 Å². The minimum Gasteiger partial charge on any atom is -0.427 e. The van der Waals surface area contributed by atoms with Gasteiger partial charge in [0.2, 0.25) is 0 Å². The van der Waals surface area contributed by atoms with Crippen molar-refractivity contribution in [3.63, 3.8) is 0 Å². The Hall–Kier alpha value is -2.09. The van der Waals surface area contributed by atoms with Crippen LogP contribution in [0.5, 0.6) is 5.75 Å². The van der Waals surface area contributed by atoms with Crippen molar-refractivity contribution in [1.82, 2.24) is 0 Å². The highest BCUT2D eigenvalue weighted by molar-refractivity contribution is 5.88. The normalized spacial score (nSPS) is 17.2. The van der Waals surface area contributed by atoms with Crippen molar-refractivity contribution >= 4 is 22.3 Å². The van der Waals surface area contributed by atoms with E-state index in [9.17, 15) is 4.79 Å². The number of allylic oxidation sites excluding steroid dienone is 2. The number of ether oxygens (including phenoxy) is 1. The van der Waals surface area contributed by atoms with Crippen LogP contribution in [0, 0.1) is 5.92 Å². The number of carbonyl (C=O) groups is 1. The van der Waals surface area contributed by atoms with Crippen LogP contribution in [-0.4, -0.2) is 5.97 Å². The second kappa shape index (κ2) is 9.02. The molecular weight excluding hydrogens is 320 g/mol. The average Bonchev–Trinajstić information content (AvgIpc) is 2.65. The fourth-order valence-corrected chi connectivity index (χ4v) is 3.59. The van der Waals surface area contributed by atoms with Gasteiger partial charge in [-0.05, 0) is 71.7 Å². The molecule has 0 spiro atoms. The first kappa shape index (κ1) is 18.7. The Labute approximate surface area is 157 Å². The molecule has 1 aliphatic rings. The summed E-state index contributed by atoms with van der Waals surface area (Å²) in [6, 6.07) is 12.5. The number of carbonyl (C=O) groups excluding carboxylic acids is 1. The molecule has 1 aliphatic carbocycles. The van der Waals surface area contributed by atoms with Crippen LogP contribution in [0.2, 0.25) is 0 Å². The van der Waals surface area contributed by atoms with E-state index >= 15 is 0 Å². The lowest BCUT2D eigenvalue weighted by Crippen LogP contribution is -2.07. The maximum absolute atomic E-state index is 12.0. The topological polar surface area (TPSA) is 26.3 Å². The zero-order chi connectivity index (χ0) is 18.4. The highest BCUT2D eigenvalue weighted by Gasteiger charge is 2.12. The number of hydrogen-bond donors (Lipinski definition) is 0. The van der Waals surface area contributed by atoms with Gasteiger partial charge in [-0.3, -0.25) is 4.79 Å². The molecule has 0 fully saturated rings. The molecule has 2 aromatic carbocycles. The van der Waals surface area contributed by atoms with Crippen molar-refractivity contribution in [2.45, 2.75) is 65.2 Å². The molecule has 26 heavy (non-hydrogen) atoms. The number of rotatable bonds is 7. The third-order valence-corrected chi connectivity index (χ3v) is 5.32. The van der Waals surface area contributed by atoms with Gasteiger partial charge in [-0.15, -0.1) is 0 Å². The van der Waals surface area contributed by atoms with Crippen LogP contribution in [0.25, 0.3) is 16.3 Å². The van der Waals surface area contributed by atoms with E-state index in [1.807, 2.05) is 12.1 Å². The summed E-state index contributed by atoms with van der Waals surface area (Å²) in [7, 11) is 0. The summed E-state index contributed by atoms with van der Waals surface area (Å²) in [5.74, 6) is 1.33. The average molecular weight is 351 g/mol. The molecule has 3 rings (SSSR count). The fraction of sp³-hybridized carbons (Fsp3) is 0.458. The lowest BCUT2D eigenvalue weighted by atomic mass is 9.87. The molecule has 0 saturated heterocycles. The van der Waals surface area contributed by atoms with Gasteiger partial charge >= 0.3 is 5.97 Å². The Morgan fingerprint density at radius 1 is 1.08 bits per heavy atom. The lowest BCUT2D eigenvalue weighted by molar-refractivity contribution is -0.134. The summed E-state index contributed by atoms with van der Waals surface area (Å²) >= 11 is 0. The van der Waals surface area contributed by atoms with Gasteiger partial charge in [0, 0.05) is 6.42 Å². The van der Waals surface area contributed by atoms with Crippen LogP contribution in [0.3, 0.4) is 0 Å². The highest BCUT2D eigenvalue weighted by atomic mass is 16.5. The van der Waals surface area contributed by atoms with Crippen molar-refractivity contribution in [2.75, 3.05) is 0 Å². The van der Waals surface area contributed by atoms with E-state index in [0.717, 1.165) is 24.1 Å². The van der Waals surface area contributed by atoms with Gasteiger partial charge in [0.1, 0.15) is 5.75 Å². The van der Waals surface area contributed by atoms with E-state index in [0.29, 0.717) is 12.2 Å². The summed E-state index contributed by atoms with van der Waals surface area (Å²) < 4.78 is 5.51. The first-order valence-corrected chi connectivity index (χ1v) is 10.1. The number of benzene rings is 2. The third kappa shape index (κ3) is 4.97. The van der Waals surface area contributed by atoms with E-state index in [-0.39, 0.29) is 5.97 Å². The first-order chi connectivity index (χ1) is 12.7. The molecule has 0 aromatic heterocycles. The molecule has 1 atom stereocenters. The van der Waals surface area contributed by atoms with Crippen LogP contribution < -0.4 is 4.74 Å². The third-order valence-electron chi connectivity index (χ3n) is 5.32. The summed E-state index contributed by atoms with van der Waals surface area (Å²) in [6.45, 7) is 4.49. The molecule has 1 unspecified atom stereocenters. The summed E-state index contributed by atoms with van der Waals surface area (Å²) in [5, 5.41) is 2.32. The van der Waals surface area contributed by atoms with E-state index in [1.54, 1.807) is 0 Å². The molecule has 0 heterocycles. The van der Waals surface area contributed by atoms with Gasteiger partial charge in [-0.1, -0.05) is 57.4 Å². The van der Waals surface area contributed by atoms with Crippen molar-refractivity contribution in [3.05, 3.63) is 48.0 Å². The van der Waals surface area contributed by atoms with Crippen LogP contribution in [0.4, 0.5) is 0 Å². The van der Waals surface area contributed by atoms with Crippen molar-refractivity contribution in [1.29, 1.82) is 0 Å². The quantitative estimate of drug-likeness (QED) is 0.308. The maximum Gasteiger partial charge on any atom is 0.311 e. The Morgan fingerprint density at radius 2 is 1.88 bits per heavy atom. The monoisotopic (exact) mass is 350 g/mol. The SMILES string of the molecule is CCCCCCC(=O)Oc1ccc2cc(C3=CCC(C)CC3)ccc2c1. The van der Waals surface area contributed by atoms with Crippen molar-refractivity contribution in [2.24, 2.45) is 5.92 Å². The first-order valence-electron chi connectivity index (χ1n) is 10.1. The van der Waals surface area contributed by atoms with Gasteiger partial charge in [0.15, 0.2) is 0 Å². The maximum atomic E-state index is 12.0. The predicted octanol–water partition coefficient (Wildman–Crippen LogP) is 6.92. The van der Waals surface area contributed by atoms with Crippen molar-refractivity contribution < 1.29 is 9.53 Å². The second-order valence-corrected chi connectivity index (χ2v) is 7.62. The molecule has 0 radical (unpaired) electrons. The molecule has 138 valence electrons. The van der Waals surface area contributed by atoms with Crippen LogP contribution >= 0.6 is 0 Å². The van der Waals surface area contributed by atoms with Gasteiger partial charge in [-0.25, -0.2) is 0 Å². The van der Waals surface area contributed by atoms with Crippen LogP contribution in [0.1, 0.15) is 70.8 Å². The van der Waals surface area contributed by atoms with E-state index < -0.39 is 0 Å². The minimum atomic E-state index is -0.126. The number of fused-ring (bicyclic) bond motifs is 1. The summed E-state index contributed by atoms with van der Waals surface area (Å²) in [5.41, 5.74) is 2.79. The Kier molecular flexibility index (Phi) is 6.49. The number of esters is 1. The van der Waals surface area contributed by atoms with E-state index in [4.69, 9.17) is 4.74 Å². The molecule has 0 saturated carbocycles. The molecule has 2 nitrogen and oxygen atoms in total. The van der Waals surface area contributed by atoms with Gasteiger partial charge in [0.25, 0.3) is 0 Å². The molecule has 2 heteroatoms. The molecule has 0 aliphatic heterocycles. The van der Waals surface area contributed by atoms with E-state index in [1.165, 1.54) is 48.6 Å². The number of hydrogen-bond acceptors (Lipinski definition) is 2. The summed E-state index contributed by atoms with van der Waals surface area (Å²) in [6.07, 6.45) is 10.9. The largest absolute Gasteiger partial charge is 0.427 e. The minimum absolute atomic E-state index is 0.126. The standard InChI is InChI=1S/C24H30O2/c1-3-4-5-6-7-24(25)26-23-15-14-21-16-20(12-13-22(21)17-23)19-10-8-18(2)9-11-19/h10,12-18H,3-9,11H2,1-2H3. The lowest BCUT2D eigenvalue weighted by Gasteiger charge is -2.18. The molecular formula is C24H30O2. The predicted molar refractivity (Wildman–Crippen MR) is 109 cm³/mol. The Balaban J connectivity index is 1.66. The van der Waals surface area contributed by atoms with Crippen molar-refractivity contribution in [3.8, 4) is 5.75 Å². The second-order valence-electron chi connectivity index (χ2n) is 7.62. The molecule has 0 bridgehead atoms.